The number of ether oxygens (including phenoxy) is 1. The van der Waals surface area contributed by atoms with Crippen LogP contribution in [0.15, 0.2) is 54.6 Å². The van der Waals surface area contributed by atoms with Crippen molar-refractivity contribution in [2.45, 2.75) is 0 Å². The maximum atomic E-state index is 12.3. The van der Waals surface area contributed by atoms with E-state index in [1.54, 1.807) is 7.11 Å². The molecule has 0 spiro atoms. The van der Waals surface area contributed by atoms with Gasteiger partial charge in [0.2, 0.25) is 0 Å². The molecule has 22 heavy (non-hydrogen) atoms. The minimum Gasteiger partial charge on any atom is -0.497 e. The standard InChI is InChI=1S/C19H15NO2/c1-20-17-9-4-3-7-15(17)13-18(20)19(21)11-10-14-6-5-8-16(12-14)22-2/h3-9,12-13H,1-2H3. The van der Waals surface area contributed by atoms with E-state index in [1.165, 1.54) is 0 Å². The summed E-state index contributed by atoms with van der Waals surface area (Å²) in [6.45, 7) is 0. The van der Waals surface area contributed by atoms with Gasteiger partial charge in [0.15, 0.2) is 0 Å². The first-order valence-corrected chi connectivity index (χ1v) is 6.94. The van der Waals surface area contributed by atoms with Crippen molar-refractivity contribution < 1.29 is 9.53 Å². The molecule has 3 aromatic rings. The predicted octanol–water partition coefficient (Wildman–Crippen LogP) is 3.42. The van der Waals surface area contributed by atoms with Crippen molar-refractivity contribution >= 4 is 16.7 Å². The smallest absolute Gasteiger partial charge is 0.252 e. The third kappa shape index (κ3) is 2.59. The van der Waals surface area contributed by atoms with E-state index in [1.807, 2.05) is 66.2 Å². The van der Waals surface area contributed by atoms with Crippen LogP contribution in [0.5, 0.6) is 5.75 Å². The molecular formula is C19H15NO2. The number of benzene rings is 2. The van der Waals surface area contributed by atoms with Crippen molar-refractivity contribution in [3.63, 3.8) is 0 Å². The normalized spacial score (nSPS) is 10.1. The second-order valence-electron chi connectivity index (χ2n) is 4.96. The van der Waals surface area contributed by atoms with Gasteiger partial charge in [-0.05, 0) is 36.3 Å². The lowest BCUT2D eigenvalue weighted by atomic mass is 10.2. The number of para-hydroxylation sites is 1. The summed E-state index contributed by atoms with van der Waals surface area (Å²) in [5.74, 6) is 6.13. The molecule has 0 bridgehead atoms. The minimum absolute atomic E-state index is 0.193. The highest BCUT2D eigenvalue weighted by molar-refractivity contribution is 6.10. The van der Waals surface area contributed by atoms with E-state index in [4.69, 9.17) is 4.74 Å². The Bertz CT molecular complexity index is 910. The molecule has 0 unspecified atom stereocenters. The molecule has 0 saturated heterocycles. The molecule has 0 fully saturated rings. The molecular weight excluding hydrogens is 274 g/mol. The number of rotatable bonds is 2. The molecule has 0 atom stereocenters. The Kier molecular flexibility index (Phi) is 3.67. The van der Waals surface area contributed by atoms with E-state index in [0.717, 1.165) is 22.2 Å². The molecule has 0 N–H and O–H groups in total. The summed E-state index contributed by atoms with van der Waals surface area (Å²) in [7, 11) is 3.48. The van der Waals surface area contributed by atoms with E-state index < -0.39 is 0 Å². The van der Waals surface area contributed by atoms with Gasteiger partial charge in [-0.2, -0.15) is 0 Å². The zero-order chi connectivity index (χ0) is 15.5. The van der Waals surface area contributed by atoms with Crippen LogP contribution in [0.2, 0.25) is 0 Å². The number of aryl methyl sites for hydroxylation is 1. The molecule has 3 rings (SSSR count). The van der Waals surface area contributed by atoms with Gasteiger partial charge in [0.1, 0.15) is 5.75 Å². The first-order valence-electron chi connectivity index (χ1n) is 6.94. The quantitative estimate of drug-likeness (QED) is 0.534. The highest BCUT2D eigenvalue weighted by Gasteiger charge is 2.10. The average molecular weight is 289 g/mol. The van der Waals surface area contributed by atoms with Gasteiger partial charge >= 0.3 is 0 Å². The van der Waals surface area contributed by atoms with Crippen LogP contribution >= 0.6 is 0 Å². The molecule has 3 heteroatoms. The predicted molar refractivity (Wildman–Crippen MR) is 87.1 cm³/mol. The summed E-state index contributed by atoms with van der Waals surface area (Å²) in [5.41, 5.74) is 2.37. The van der Waals surface area contributed by atoms with Gasteiger partial charge in [-0.15, -0.1) is 0 Å². The maximum absolute atomic E-state index is 12.3. The van der Waals surface area contributed by atoms with Crippen LogP contribution in [0.1, 0.15) is 16.1 Å². The second kappa shape index (κ2) is 5.79. The number of hydrogen-bond acceptors (Lipinski definition) is 2. The van der Waals surface area contributed by atoms with Crippen LogP contribution in [-0.2, 0) is 7.05 Å². The molecule has 0 saturated carbocycles. The molecule has 3 nitrogen and oxygen atoms in total. The lowest BCUT2D eigenvalue weighted by molar-refractivity contribution is 0.104. The number of methoxy groups -OCH3 is 1. The monoisotopic (exact) mass is 289 g/mol. The van der Waals surface area contributed by atoms with Gasteiger partial charge in [-0.3, -0.25) is 4.79 Å². The Labute approximate surface area is 129 Å². The first-order chi connectivity index (χ1) is 10.7. The van der Waals surface area contributed by atoms with Gasteiger partial charge < -0.3 is 9.30 Å². The van der Waals surface area contributed by atoms with Gasteiger partial charge in [0, 0.05) is 23.5 Å². The average Bonchev–Trinajstić information content (AvgIpc) is 2.90. The molecule has 0 aliphatic heterocycles. The van der Waals surface area contributed by atoms with Crippen LogP contribution in [0.25, 0.3) is 10.9 Å². The molecule has 0 aliphatic rings. The van der Waals surface area contributed by atoms with E-state index in [0.29, 0.717) is 5.69 Å². The summed E-state index contributed by atoms with van der Waals surface area (Å²) in [6, 6.07) is 17.1. The number of fused-ring (bicyclic) bond motifs is 1. The lowest BCUT2D eigenvalue weighted by Gasteiger charge is -1.99. The zero-order valence-corrected chi connectivity index (χ0v) is 12.5. The van der Waals surface area contributed by atoms with Crippen molar-refractivity contribution in [2.24, 2.45) is 7.05 Å². The van der Waals surface area contributed by atoms with Crippen molar-refractivity contribution in [3.8, 4) is 17.6 Å². The fraction of sp³-hybridized carbons (Fsp3) is 0.105. The fourth-order valence-electron chi connectivity index (χ4n) is 2.40. The number of Topliss-reactive ketones (excluding diaryl/α,β-unsaturated/α-hetero) is 1. The zero-order valence-electron chi connectivity index (χ0n) is 12.5. The summed E-state index contributed by atoms with van der Waals surface area (Å²) < 4.78 is 7.02. The summed E-state index contributed by atoms with van der Waals surface area (Å²) in [6.07, 6.45) is 0. The fourth-order valence-corrected chi connectivity index (χ4v) is 2.40. The van der Waals surface area contributed by atoms with Crippen molar-refractivity contribution in [1.82, 2.24) is 4.57 Å². The largest absolute Gasteiger partial charge is 0.497 e. The highest BCUT2D eigenvalue weighted by atomic mass is 16.5. The van der Waals surface area contributed by atoms with Gasteiger partial charge in [0.25, 0.3) is 5.78 Å². The highest BCUT2D eigenvalue weighted by Crippen LogP contribution is 2.18. The van der Waals surface area contributed by atoms with E-state index >= 15 is 0 Å². The Balaban J connectivity index is 1.94. The van der Waals surface area contributed by atoms with Crippen LogP contribution in [0.4, 0.5) is 0 Å². The molecule has 0 radical (unpaired) electrons. The number of ketones is 1. The Morgan fingerprint density at radius 1 is 1.09 bits per heavy atom. The second-order valence-corrected chi connectivity index (χ2v) is 4.96. The molecule has 0 aliphatic carbocycles. The Morgan fingerprint density at radius 2 is 1.91 bits per heavy atom. The Morgan fingerprint density at radius 3 is 2.68 bits per heavy atom. The molecule has 0 amide bonds. The van der Waals surface area contributed by atoms with Crippen molar-refractivity contribution in [1.29, 1.82) is 0 Å². The topological polar surface area (TPSA) is 31.2 Å². The SMILES string of the molecule is COc1cccc(C#CC(=O)c2cc3ccccc3n2C)c1. The summed E-state index contributed by atoms with van der Waals surface area (Å²) in [4.78, 5) is 12.3. The van der Waals surface area contributed by atoms with Crippen LogP contribution in [-0.4, -0.2) is 17.5 Å². The lowest BCUT2D eigenvalue weighted by Crippen LogP contribution is -2.03. The number of hydrogen-bond donors (Lipinski definition) is 0. The van der Waals surface area contributed by atoms with E-state index in [2.05, 4.69) is 11.8 Å². The third-order valence-electron chi connectivity index (χ3n) is 3.57. The number of carbonyl (C=O) groups is 1. The van der Waals surface area contributed by atoms with Crippen LogP contribution < -0.4 is 4.74 Å². The molecule has 1 aromatic heterocycles. The summed E-state index contributed by atoms with van der Waals surface area (Å²) in [5, 5.41) is 1.04. The number of aromatic nitrogens is 1. The van der Waals surface area contributed by atoms with E-state index in [-0.39, 0.29) is 5.78 Å². The molecule has 1 heterocycles. The number of nitrogens with zero attached hydrogens (tertiary/aromatic N) is 1. The van der Waals surface area contributed by atoms with Gasteiger partial charge in [0.05, 0.1) is 12.8 Å². The minimum atomic E-state index is -0.193. The van der Waals surface area contributed by atoms with Gasteiger partial charge in [-0.1, -0.05) is 30.2 Å². The third-order valence-corrected chi connectivity index (χ3v) is 3.57. The molecule has 108 valence electrons. The van der Waals surface area contributed by atoms with Crippen LogP contribution in [0.3, 0.4) is 0 Å². The van der Waals surface area contributed by atoms with E-state index in [9.17, 15) is 4.79 Å². The van der Waals surface area contributed by atoms with Crippen LogP contribution in [0, 0.1) is 11.8 Å². The van der Waals surface area contributed by atoms with Gasteiger partial charge in [-0.25, -0.2) is 0 Å². The van der Waals surface area contributed by atoms with Crippen molar-refractivity contribution in [3.05, 3.63) is 65.9 Å². The molecule has 2 aromatic carbocycles. The summed E-state index contributed by atoms with van der Waals surface area (Å²) >= 11 is 0. The maximum Gasteiger partial charge on any atom is 0.252 e. The number of carbonyl (C=O) groups excluding carboxylic acids is 1. The van der Waals surface area contributed by atoms with Crippen molar-refractivity contribution in [2.75, 3.05) is 7.11 Å². The Hall–Kier alpha value is -2.99. The first kappa shape index (κ1) is 14.0.